The van der Waals surface area contributed by atoms with E-state index in [2.05, 4.69) is 38.7 Å². The Hall–Kier alpha value is -2.66. The Balaban J connectivity index is 1.85. The number of anilines is 2. The molecule has 0 spiro atoms. The lowest BCUT2D eigenvalue weighted by Crippen LogP contribution is -2.02. The molecule has 0 aliphatic heterocycles. The number of benzene rings is 1. The summed E-state index contributed by atoms with van der Waals surface area (Å²) in [5, 5.41) is 10.3. The Labute approximate surface area is 129 Å². The van der Waals surface area contributed by atoms with E-state index in [9.17, 15) is 0 Å². The first kappa shape index (κ1) is 14.3. The average molecular weight is 293 g/mol. The number of hydrogen-bond acceptors (Lipinski definition) is 4. The zero-order valence-corrected chi connectivity index (χ0v) is 12.5. The van der Waals surface area contributed by atoms with Crippen LogP contribution in [-0.2, 0) is 6.42 Å². The first-order valence-corrected chi connectivity index (χ1v) is 7.30. The van der Waals surface area contributed by atoms with Gasteiger partial charge in [-0.25, -0.2) is 4.98 Å². The van der Waals surface area contributed by atoms with E-state index in [4.69, 9.17) is 5.73 Å². The summed E-state index contributed by atoms with van der Waals surface area (Å²) >= 11 is 0. The van der Waals surface area contributed by atoms with Gasteiger partial charge in [0.05, 0.1) is 5.69 Å². The number of nitrogens with zero attached hydrogens (tertiary/aromatic N) is 2. The molecular weight excluding hydrogens is 274 g/mol. The zero-order valence-electron chi connectivity index (χ0n) is 12.5. The Morgan fingerprint density at radius 3 is 2.73 bits per heavy atom. The van der Waals surface area contributed by atoms with Gasteiger partial charge in [-0.1, -0.05) is 24.3 Å². The molecule has 0 saturated carbocycles. The Bertz CT molecular complexity index is 763. The van der Waals surface area contributed by atoms with E-state index in [0.717, 1.165) is 35.0 Å². The van der Waals surface area contributed by atoms with E-state index >= 15 is 0 Å². The fourth-order valence-electron chi connectivity index (χ4n) is 2.33. The van der Waals surface area contributed by atoms with Crippen LogP contribution in [0.5, 0.6) is 0 Å². The van der Waals surface area contributed by atoms with E-state index in [0.29, 0.717) is 6.54 Å². The smallest absolute Gasteiger partial charge is 0.153 e. The summed E-state index contributed by atoms with van der Waals surface area (Å²) < 4.78 is 0. The highest BCUT2D eigenvalue weighted by Crippen LogP contribution is 2.21. The molecule has 2 aromatic heterocycles. The summed E-state index contributed by atoms with van der Waals surface area (Å²) in [6, 6.07) is 16.2. The third-order valence-corrected chi connectivity index (χ3v) is 3.37. The maximum atomic E-state index is 5.63. The summed E-state index contributed by atoms with van der Waals surface area (Å²) in [5.74, 6) is 1.53. The van der Waals surface area contributed by atoms with Gasteiger partial charge < -0.3 is 11.1 Å². The van der Waals surface area contributed by atoms with Crippen LogP contribution in [0.4, 0.5) is 11.6 Å². The zero-order chi connectivity index (χ0) is 15.4. The van der Waals surface area contributed by atoms with Gasteiger partial charge in [-0.3, -0.25) is 5.10 Å². The Morgan fingerprint density at radius 1 is 1.09 bits per heavy atom. The van der Waals surface area contributed by atoms with Crippen LogP contribution in [0.25, 0.3) is 11.3 Å². The number of aromatic amines is 1. The van der Waals surface area contributed by atoms with E-state index in [-0.39, 0.29) is 0 Å². The number of aromatic nitrogens is 3. The van der Waals surface area contributed by atoms with Crippen LogP contribution < -0.4 is 11.1 Å². The Morgan fingerprint density at radius 2 is 1.95 bits per heavy atom. The Kier molecular flexibility index (Phi) is 4.16. The van der Waals surface area contributed by atoms with Crippen molar-refractivity contribution in [1.82, 2.24) is 15.2 Å². The summed E-state index contributed by atoms with van der Waals surface area (Å²) in [4.78, 5) is 4.65. The fraction of sp³-hybridized carbons (Fsp3) is 0.176. The second-order valence-corrected chi connectivity index (χ2v) is 5.21. The first-order chi connectivity index (χ1) is 10.7. The number of hydrogen-bond donors (Lipinski definition) is 3. The largest absolute Gasteiger partial charge is 0.330 e. The molecule has 0 fully saturated rings. The van der Waals surface area contributed by atoms with Crippen molar-refractivity contribution in [2.24, 2.45) is 5.73 Å². The van der Waals surface area contributed by atoms with Gasteiger partial charge in [0, 0.05) is 17.3 Å². The number of nitrogens with two attached hydrogens (primary N) is 1. The number of aryl methyl sites for hydroxylation is 1. The molecule has 4 N–H and O–H groups in total. The van der Waals surface area contributed by atoms with Crippen molar-refractivity contribution in [1.29, 1.82) is 0 Å². The topological polar surface area (TPSA) is 79.6 Å². The highest BCUT2D eigenvalue weighted by atomic mass is 15.2. The van der Waals surface area contributed by atoms with Gasteiger partial charge in [-0.15, -0.1) is 0 Å². The summed E-state index contributed by atoms with van der Waals surface area (Å²) in [5.41, 5.74) is 9.88. The molecule has 3 aromatic rings. The van der Waals surface area contributed by atoms with E-state index < -0.39 is 0 Å². The molecule has 0 unspecified atom stereocenters. The minimum Gasteiger partial charge on any atom is -0.330 e. The van der Waals surface area contributed by atoms with Gasteiger partial charge in [0.15, 0.2) is 5.82 Å². The molecule has 22 heavy (non-hydrogen) atoms. The molecule has 0 aliphatic carbocycles. The number of H-pyrrole nitrogens is 1. The highest BCUT2D eigenvalue weighted by molar-refractivity contribution is 5.63. The SMILES string of the molecule is Cc1cc(Nc2cccc(-c3cccc(CCN)c3)n2)n[nH]1. The number of pyridine rings is 1. The lowest BCUT2D eigenvalue weighted by Gasteiger charge is -2.07. The molecule has 112 valence electrons. The minimum absolute atomic E-state index is 0.650. The van der Waals surface area contributed by atoms with Crippen molar-refractivity contribution < 1.29 is 0 Å². The lowest BCUT2D eigenvalue weighted by atomic mass is 10.1. The van der Waals surface area contributed by atoms with Crippen molar-refractivity contribution >= 4 is 11.6 Å². The van der Waals surface area contributed by atoms with Crippen molar-refractivity contribution in [2.75, 3.05) is 11.9 Å². The van der Waals surface area contributed by atoms with Crippen molar-refractivity contribution in [3.8, 4) is 11.3 Å². The van der Waals surface area contributed by atoms with Crippen molar-refractivity contribution in [3.05, 3.63) is 59.8 Å². The lowest BCUT2D eigenvalue weighted by molar-refractivity contribution is 0.969. The second kappa shape index (κ2) is 6.41. The summed E-state index contributed by atoms with van der Waals surface area (Å²) in [7, 11) is 0. The van der Waals surface area contributed by atoms with Crippen LogP contribution in [-0.4, -0.2) is 21.7 Å². The quantitative estimate of drug-likeness (QED) is 0.675. The van der Waals surface area contributed by atoms with Gasteiger partial charge in [-0.05, 0) is 43.7 Å². The van der Waals surface area contributed by atoms with E-state index in [1.165, 1.54) is 5.56 Å². The summed E-state index contributed by atoms with van der Waals surface area (Å²) in [6.07, 6.45) is 0.873. The summed E-state index contributed by atoms with van der Waals surface area (Å²) in [6.45, 7) is 2.61. The van der Waals surface area contributed by atoms with E-state index in [1.807, 2.05) is 37.3 Å². The van der Waals surface area contributed by atoms with E-state index in [1.54, 1.807) is 0 Å². The van der Waals surface area contributed by atoms with Crippen LogP contribution in [0.3, 0.4) is 0 Å². The third-order valence-electron chi connectivity index (χ3n) is 3.37. The number of nitrogens with one attached hydrogen (secondary N) is 2. The van der Waals surface area contributed by atoms with Crippen molar-refractivity contribution in [3.63, 3.8) is 0 Å². The molecule has 0 bridgehead atoms. The molecule has 0 amide bonds. The standard InChI is InChI=1S/C17H19N5/c1-12-10-17(22-21-12)20-16-7-3-6-15(19-16)14-5-2-4-13(11-14)8-9-18/h2-7,10-11H,8-9,18H2,1H3,(H2,19,20,21,22). The first-order valence-electron chi connectivity index (χ1n) is 7.30. The average Bonchev–Trinajstić information content (AvgIpc) is 2.93. The van der Waals surface area contributed by atoms with Gasteiger partial charge in [0.25, 0.3) is 0 Å². The van der Waals surface area contributed by atoms with Crippen LogP contribution in [0.1, 0.15) is 11.3 Å². The molecule has 1 aromatic carbocycles. The molecule has 0 aliphatic rings. The molecule has 2 heterocycles. The van der Waals surface area contributed by atoms with Crippen LogP contribution in [0.2, 0.25) is 0 Å². The molecular formula is C17H19N5. The third kappa shape index (κ3) is 3.32. The fourth-order valence-corrected chi connectivity index (χ4v) is 2.33. The second-order valence-electron chi connectivity index (χ2n) is 5.21. The monoisotopic (exact) mass is 293 g/mol. The normalized spacial score (nSPS) is 10.6. The predicted octanol–water partition coefficient (Wildman–Crippen LogP) is 3.02. The molecule has 0 saturated heterocycles. The van der Waals surface area contributed by atoms with Crippen LogP contribution in [0, 0.1) is 6.92 Å². The minimum atomic E-state index is 0.650. The van der Waals surface area contributed by atoms with Gasteiger partial charge in [0.1, 0.15) is 5.82 Å². The predicted molar refractivity (Wildman–Crippen MR) is 89.0 cm³/mol. The van der Waals surface area contributed by atoms with Gasteiger partial charge >= 0.3 is 0 Å². The molecule has 5 nitrogen and oxygen atoms in total. The van der Waals surface area contributed by atoms with Crippen LogP contribution >= 0.6 is 0 Å². The molecule has 3 rings (SSSR count). The highest BCUT2D eigenvalue weighted by Gasteiger charge is 2.04. The van der Waals surface area contributed by atoms with Crippen LogP contribution in [0.15, 0.2) is 48.5 Å². The maximum Gasteiger partial charge on any atom is 0.153 e. The van der Waals surface area contributed by atoms with Gasteiger partial charge in [0.2, 0.25) is 0 Å². The molecule has 0 radical (unpaired) electrons. The molecule has 5 heteroatoms. The van der Waals surface area contributed by atoms with Crippen molar-refractivity contribution in [2.45, 2.75) is 13.3 Å². The molecule has 0 atom stereocenters. The maximum absolute atomic E-state index is 5.63. The number of rotatable bonds is 5. The van der Waals surface area contributed by atoms with Gasteiger partial charge in [-0.2, -0.15) is 5.10 Å².